The van der Waals surface area contributed by atoms with Crippen LogP contribution in [0.1, 0.15) is 43.2 Å². The molecule has 4 aromatic rings. The lowest BCUT2D eigenvalue weighted by molar-refractivity contribution is -0.147. The molecule has 5 rings (SSSR count). The molecule has 0 amide bonds. The van der Waals surface area contributed by atoms with E-state index in [1.165, 1.54) is 16.7 Å². The van der Waals surface area contributed by atoms with Crippen molar-refractivity contribution < 1.29 is 14.3 Å². The van der Waals surface area contributed by atoms with E-state index in [4.69, 9.17) is 9.52 Å². The first-order chi connectivity index (χ1) is 17.1. The number of benzene rings is 3. The molecule has 0 aliphatic carbocycles. The molecular formula is C29H29N3O3. The Hall–Kier alpha value is -3.77. The second kappa shape index (κ2) is 10.2. The van der Waals surface area contributed by atoms with Gasteiger partial charge in [-0.3, -0.25) is 9.69 Å². The normalized spacial score (nSPS) is 14.8. The van der Waals surface area contributed by atoms with Gasteiger partial charge in [0, 0.05) is 31.3 Å². The van der Waals surface area contributed by atoms with Gasteiger partial charge in [-0.2, -0.15) is 0 Å². The number of carboxylic acid groups (broad SMARTS) is 1. The van der Waals surface area contributed by atoms with Crippen LogP contribution in [0.3, 0.4) is 0 Å². The van der Waals surface area contributed by atoms with E-state index >= 15 is 0 Å². The highest BCUT2D eigenvalue weighted by molar-refractivity contribution is 5.97. The summed E-state index contributed by atoms with van der Waals surface area (Å²) < 4.78 is 6.13. The van der Waals surface area contributed by atoms with Gasteiger partial charge < -0.3 is 9.52 Å². The molecule has 6 heteroatoms. The Balaban J connectivity index is 1.43. The summed E-state index contributed by atoms with van der Waals surface area (Å²) in [6, 6.07) is 22.6. The summed E-state index contributed by atoms with van der Waals surface area (Å²) in [6.07, 6.45) is 5.17. The fourth-order valence-electron chi connectivity index (χ4n) is 4.65. The molecule has 2 heterocycles. The van der Waals surface area contributed by atoms with E-state index in [0.717, 1.165) is 42.1 Å². The summed E-state index contributed by atoms with van der Waals surface area (Å²) in [6.45, 7) is 4.09. The van der Waals surface area contributed by atoms with Gasteiger partial charge in [0.05, 0.1) is 5.92 Å². The van der Waals surface area contributed by atoms with Crippen LogP contribution in [-0.4, -0.2) is 39.3 Å². The predicted octanol–water partition coefficient (Wildman–Crippen LogP) is 6.14. The van der Waals surface area contributed by atoms with Gasteiger partial charge in [-0.25, -0.2) is 0 Å². The predicted molar refractivity (Wildman–Crippen MR) is 137 cm³/mol. The number of allylic oxidation sites excluding steroid dienone is 1. The smallest absolute Gasteiger partial charge is 0.309 e. The average molecular weight is 468 g/mol. The highest BCUT2D eigenvalue weighted by atomic mass is 16.4. The number of aliphatic carboxylic acids is 1. The Kier molecular flexibility index (Phi) is 6.73. The zero-order valence-corrected chi connectivity index (χ0v) is 19.9. The third-order valence-corrected chi connectivity index (χ3v) is 6.63. The lowest BCUT2D eigenvalue weighted by Gasteiger charge is -2.36. The summed E-state index contributed by atoms with van der Waals surface area (Å²) in [7, 11) is 0. The number of carbonyl (C=O) groups is 1. The van der Waals surface area contributed by atoms with Crippen molar-refractivity contribution in [2.24, 2.45) is 5.92 Å². The second-order valence-electron chi connectivity index (χ2n) is 9.13. The van der Waals surface area contributed by atoms with Crippen LogP contribution in [0.2, 0.25) is 0 Å². The zero-order valence-electron chi connectivity index (χ0n) is 19.9. The van der Waals surface area contributed by atoms with E-state index in [9.17, 15) is 4.79 Å². The first-order valence-electron chi connectivity index (χ1n) is 12.2. The SMILES string of the molecule is CCCCC(=Cc1nnc(-c2ccc(CN3CC(C(=O)O)C3)c3ccccc23)o1)c1ccccc1. The van der Waals surface area contributed by atoms with E-state index < -0.39 is 5.97 Å². The number of fused-ring (bicyclic) bond motifs is 1. The van der Waals surface area contributed by atoms with Crippen LogP contribution in [0.25, 0.3) is 33.9 Å². The highest BCUT2D eigenvalue weighted by Crippen LogP contribution is 2.32. The Labute approximate surface area is 204 Å². The van der Waals surface area contributed by atoms with Gasteiger partial charge in [0.2, 0.25) is 11.8 Å². The number of hydrogen-bond acceptors (Lipinski definition) is 5. The van der Waals surface area contributed by atoms with Gasteiger partial charge in [-0.05, 0) is 46.4 Å². The number of aromatic nitrogens is 2. The van der Waals surface area contributed by atoms with Crippen molar-refractivity contribution in [3.05, 3.63) is 83.7 Å². The molecule has 178 valence electrons. The highest BCUT2D eigenvalue weighted by Gasteiger charge is 2.32. The molecule has 1 saturated heterocycles. The van der Waals surface area contributed by atoms with Gasteiger partial charge in [0.1, 0.15) is 0 Å². The largest absolute Gasteiger partial charge is 0.481 e. The van der Waals surface area contributed by atoms with Crippen LogP contribution < -0.4 is 0 Å². The lowest BCUT2D eigenvalue weighted by Crippen LogP contribution is -2.49. The maximum atomic E-state index is 11.1. The van der Waals surface area contributed by atoms with E-state index in [-0.39, 0.29) is 5.92 Å². The average Bonchev–Trinajstić information content (AvgIpc) is 3.32. The molecule has 0 saturated carbocycles. The molecule has 1 aliphatic heterocycles. The van der Waals surface area contributed by atoms with Crippen LogP contribution in [0.15, 0.2) is 71.1 Å². The molecule has 1 fully saturated rings. The van der Waals surface area contributed by atoms with E-state index in [1.54, 1.807) is 0 Å². The molecule has 1 N–H and O–H groups in total. The number of rotatable bonds is 9. The molecule has 3 aromatic carbocycles. The maximum absolute atomic E-state index is 11.1. The van der Waals surface area contributed by atoms with Crippen molar-refractivity contribution in [1.82, 2.24) is 15.1 Å². The Morgan fingerprint density at radius 3 is 2.51 bits per heavy atom. The van der Waals surface area contributed by atoms with Gasteiger partial charge in [0.15, 0.2) is 0 Å². The van der Waals surface area contributed by atoms with Crippen LogP contribution in [0, 0.1) is 5.92 Å². The molecule has 1 aromatic heterocycles. The molecule has 0 bridgehead atoms. The summed E-state index contributed by atoms with van der Waals surface area (Å²) in [5.74, 6) is 0.0246. The van der Waals surface area contributed by atoms with Crippen molar-refractivity contribution in [3.63, 3.8) is 0 Å². The van der Waals surface area contributed by atoms with Crippen molar-refractivity contribution in [3.8, 4) is 11.5 Å². The molecule has 6 nitrogen and oxygen atoms in total. The molecule has 0 radical (unpaired) electrons. The molecular weight excluding hydrogens is 438 g/mol. The standard InChI is InChI=1S/C29H29N3O3/c1-2-3-9-21(20-10-5-4-6-11-20)16-27-30-31-28(35-27)26-15-14-22(24-12-7-8-13-25(24)26)17-32-18-23(19-32)29(33)34/h4-8,10-16,23H,2-3,9,17-19H2,1H3,(H,33,34). The number of hydrogen-bond donors (Lipinski definition) is 1. The number of nitrogens with zero attached hydrogens (tertiary/aromatic N) is 3. The summed E-state index contributed by atoms with van der Waals surface area (Å²) in [5, 5.41) is 20.0. The summed E-state index contributed by atoms with van der Waals surface area (Å²) in [4.78, 5) is 13.3. The first kappa shape index (κ1) is 23.0. The van der Waals surface area contributed by atoms with Crippen LogP contribution in [0.5, 0.6) is 0 Å². The number of likely N-dealkylation sites (tertiary alicyclic amines) is 1. The minimum absolute atomic E-state index is 0.261. The van der Waals surface area contributed by atoms with Crippen molar-refractivity contribution in [2.45, 2.75) is 32.7 Å². The Morgan fingerprint density at radius 1 is 1.03 bits per heavy atom. The number of unbranched alkanes of at least 4 members (excludes halogenated alkanes) is 1. The lowest BCUT2D eigenvalue weighted by atomic mass is 9.96. The topological polar surface area (TPSA) is 79.5 Å². The fraction of sp³-hybridized carbons (Fsp3) is 0.276. The van der Waals surface area contributed by atoms with Gasteiger partial charge in [0.25, 0.3) is 0 Å². The Morgan fingerprint density at radius 2 is 1.77 bits per heavy atom. The molecule has 1 aliphatic rings. The Bertz CT molecular complexity index is 1350. The van der Waals surface area contributed by atoms with Crippen molar-refractivity contribution >= 4 is 28.4 Å². The second-order valence-corrected chi connectivity index (χ2v) is 9.13. The van der Waals surface area contributed by atoms with E-state index in [2.05, 4.69) is 52.4 Å². The quantitative estimate of drug-likeness (QED) is 0.319. The van der Waals surface area contributed by atoms with Gasteiger partial charge >= 0.3 is 5.97 Å². The summed E-state index contributed by atoms with van der Waals surface area (Å²) in [5.41, 5.74) is 4.43. The monoisotopic (exact) mass is 467 g/mol. The van der Waals surface area contributed by atoms with Gasteiger partial charge in [-0.1, -0.05) is 74.0 Å². The van der Waals surface area contributed by atoms with Crippen LogP contribution >= 0.6 is 0 Å². The first-order valence-corrected chi connectivity index (χ1v) is 12.2. The zero-order chi connectivity index (χ0) is 24.2. The third-order valence-electron chi connectivity index (χ3n) is 6.63. The minimum atomic E-state index is -0.715. The third kappa shape index (κ3) is 5.03. The molecule has 0 atom stereocenters. The van der Waals surface area contributed by atoms with Crippen LogP contribution in [-0.2, 0) is 11.3 Å². The molecule has 0 unspecified atom stereocenters. The van der Waals surface area contributed by atoms with E-state index in [1.807, 2.05) is 42.5 Å². The molecule has 0 spiro atoms. The van der Waals surface area contributed by atoms with Crippen molar-refractivity contribution in [1.29, 1.82) is 0 Å². The van der Waals surface area contributed by atoms with Crippen molar-refractivity contribution in [2.75, 3.05) is 13.1 Å². The van der Waals surface area contributed by atoms with E-state index in [0.29, 0.717) is 24.9 Å². The number of carboxylic acids is 1. The van der Waals surface area contributed by atoms with Crippen LogP contribution in [0.4, 0.5) is 0 Å². The fourth-order valence-corrected chi connectivity index (χ4v) is 4.65. The van der Waals surface area contributed by atoms with Gasteiger partial charge in [-0.15, -0.1) is 10.2 Å². The molecule has 35 heavy (non-hydrogen) atoms. The maximum Gasteiger partial charge on any atom is 0.309 e. The minimum Gasteiger partial charge on any atom is -0.481 e. The summed E-state index contributed by atoms with van der Waals surface area (Å²) >= 11 is 0.